The van der Waals surface area contributed by atoms with Crippen LogP contribution in [0.3, 0.4) is 0 Å². The van der Waals surface area contributed by atoms with Crippen LogP contribution < -0.4 is 11.1 Å². The second-order valence-corrected chi connectivity index (χ2v) is 9.45. The van der Waals surface area contributed by atoms with E-state index < -0.39 is 46.6 Å². The molecule has 4 N–H and O–H groups in total. The first-order valence-corrected chi connectivity index (χ1v) is 10.5. The number of halogens is 4. The summed E-state index contributed by atoms with van der Waals surface area (Å²) in [6.45, 7) is 7.64. The average Bonchev–Trinajstić information content (AvgIpc) is 2.97. The van der Waals surface area contributed by atoms with Crippen LogP contribution in [0.5, 0.6) is 0 Å². The first-order valence-electron chi connectivity index (χ1n) is 9.73. The maximum absolute atomic E-state index is 15.2. The molecule has 0 spiro atoms. The molecular weight excluding hydrogens is 445 g/mol. The summed E-state index contributed by atoms with van der Waals surface area (Å²) >= 11 is 11.9. The van der Waals surface area contributed by atoms with E-state index in [1.165, 1.54) is 30.3 Å². The standard InChI is InChI=1S/C23H24Cl2F2N2O2/c1-4-22(2,3)11-17-23(28,14-9-8-12(24)10-16(14)26)18(20(29-17)21(30)31)13-6-5-7-15(25)19(13)27/h4-10,17-18,20,29H,1,11,28H2,2-3H3,(H,30,31)/t17-,18-,20+,23+/m0/s1. The van der Waals surface area contributed by atoms with Gasteiger partial charge in [-0.1, -0.05) is 61.3 Å². The van der Waals surface area contributed by atoms with Gasteiger partial charge in [-0.15, -0.1) is 6.58 Å². The van der Waals surface area contributed by atoms with Gasteiger partial charge in [0, 0.05) is 22.5 Å². The SMILES string of the molecule is C=CC(C)(C)C[C@@H]1N[C@@H](C(=O)O)[C@H](c2cccc(Cl)c2F)[C@@]1(N)c1ccc(Cl)cc1F. The molecule has 2 aromatic rings. The molecule has 1 fully saturated rings. The highest BCUT2D eigenvalue weighted by atomic mass is 35.5. The van der Waals surface area contributed by atoms with Crippen LogP contribution in [0.25, 0.3) is 0 Å². The Morgan fingerprint density at radius 3 is 2.58 bits per heavy atom. The second kappa shape index (κ2) is 8.51. The molecule has 1 aliphatic rings. The van der Waals surface area contributed by atoms with Gasteiger partial charge in [0.05, 0.1) is 10.6 Å². The Labute approximate surface area is 190 Å². The van der Waals surface area contributed by atoms with E-state index in [0.29, 0.717) is 6.42 Å². The molecule has 1 heterocycles. The zero-order chi connectivity index (χ0) is 23.1. The third kappa shape index (κ3) is 4.22. The minimum atomic E-state index is -1.62. The Balaban J connectivity index is 2.31. The van der Waals surface area contributed by atoms with E-state index in [2.05, 4.69) is 11.9 Å². The van der Waals surface area contributed by atoms with Crippen molar-refractivity contribution in [3.63, 3.8) is 0 Å². The smallest absolute Gasteiger partial charge is 0.321 e. The van der Waals surface area contributed by atoms with Crippen molar-refractivity contribution >= 4 is 29.2 Å². The number of nitrogens with one attached hydrogen (secondary N) is 1. The zero-order valence-corrected chi connectivity index (χ0v) is 18.6. The number of rotatable bonds is 6. The molecule has 0 unspecified atom stereocenters. The zero-order valence-electron chi connectivity index (χ0n) is 17.1. The fraction of sp³-hybridized carbons (Fsp3) is 0.348. The number of benzene rings is 2. The Kier molecular flexibility index (Phi) is 6.50. The third-order valence-corrected chi connectivity index (χ3v) is 6.60. The number of carboxylic acids is 1. The van der Waals surface area contributed by atoms with Crippen molar-refractivity contribution in [2.45, 2.75) is 43.8 Å². The molecule has 0 aromatic heterocycles. The average molecular weight is 469 g/mol. The number of allylic oxidation sites excluding steroid dienone is 1. The Morgan fingerprint density at radius 2 is 2.00 bits per heavy atom. The third-order valence-electron chi connectivity index (χ3n) is 6.07. The van der Waals surface area contributed by atoms with Crippen LogP contribution in [-0.4, -0.2) is 23.2 Å². The van der Waals surface area contributed by atoms with Gasteiger partial charge in [-0.05, 0) is 35.6 Å². The lowest BCUT2D eigenvalue weighted by molar-refractivity contribution is -0.139. The van der Waals surface area contributed by atoms with Gasteiger partial charge in [0.25, 0.3) is 0 Å². The largest absolute Gasteiger partial charge is 0.480 e. The highest BCUT2D eigenvalue weighted by molar-refractivity contribution is 6.31. The highest BCUT2D eigenvalue weighted by Gasteiger charge is 2.58. The van der Waals surface area contributed by atoms with Crippen molar-refractivity contribution in [2.75, 3.05) is 0 Å². The van der Waals surface area contributed by atoms with Crippen LogP contribution in [0.2, 0.25) is 10.0 Å². The molecular formula is C23H24Cl2F2N2O2. The quantitative estimate of drug-likeness (QED) is 0.506. The summed E-state index contributed by atoms with van der Waals surface area (Å²) in [6.07, 6.45) is 2.05. The Bertz CT molecular complexity index is 1030. The van der Waals surface area contributed by atoms with Crippen LogP contribution in [0.15, 0.2) is 49.1 Å². The summed E-state index contributed by atoms with van der Waals surface area (Å²) in [5.41, 5.74) is 4.87. The van der Waals surface area contributed by atoms with Crippen molar-refractivity contribution in [3.05, 3.63) is 81.9 Å². The Hall–Kier alpha value is -1.99. The van der Waals surface area contributed by atoms with E-state index in [-0.39, 0.29) is 21.2 Å². The predicted octanol–water partition coefficient (Wildman–Crippen LogP) is 5.24. The fourth-order valence-electron chi connectivity index (χ4n) is 4.39. The summed E-state index contributed by atoms with van der Waals surface area (Å²) < 4.78 is 30.3. The number of carboxylic acid groups (broad SMARTS) is 1. The van der Waals surface area contributed by atoms with Crippen LogP contribution in [0, 0.1) is 17.0 Å². The molecule has 0 saturated carbocycles. The Morgan fingerprint density at radius 1 is 1.32 bits per heavy atom. The van der Waals surface area contributed by atoms with Crippen molar-refractivity contribution in [2.24, 2.45) is 11.1 Å². The van der Waals surface area contributed by atoms with Gasteiger partial charge >= 0.3 is 5.97 Å². The first-order chi connectivity index (χ1) is 14.4. The van der Waals surface area contributed by atoms with Gasteiger partial charge < -0.3 is 10.8 Å². The number of carbonyl (C=O) groups is 1. The lowest BCUT2D eigenvalue weighted by Crippen LogP contribution is -2.52. The number of hydrogen-bond acceptors (Lipinski definition) is 3. The van der Waals surface area contributed by atoms with Crippen molar-refractivity contribution in [1.82, 2.24) is 5.32 Å². The van der Waals surface area contributed by atoms with Gasteiger partial charge in [0.15, 0.2) is 0 Å². The molecule has 166 valence electrons. The van der Waals surface area contributed by atoms with Crippen LogP contribution in [-0.2, 0) is 10.3 Å². The van der Waals surface area contributed by atoms with Gasteiger partial charge in [-0.2, -0.15) is 0 Å². The highest BCUT2D eigenvalue weighted by Crippen LogP contribution is 2.49. The van der Waals surface area contributed by atoms with E-state index in [9.17, 15) is 9.90 Å². The molecule has 2 aromatic carbocycles. The molecule has 0 bridgehead atoms. The molecule has 31 heavy (non-hydrogen) atoms. The lowest BCUT2D eigenvalue weighted by Gasteiger charge is -2.40. The van der Waals surface area contributed by atoms with Crippen molar-refractivity contribution in [1.29, 1.82) is 0 Å². The maximum Gasteiger partial charge on any atom is 0.321 e. The minimum Gasteiger partial charge on any atom is -0.480 e. The van der Waals surface area contributed by atoms with Gasteiger partial charge in [0.1, 0.15) is 17.7 Å². The van der Waals surface area contributed by atoms with Crippen LogP contribution in [0.1, 0.15) is 37.3 Å². The summed E-state index contributed by atoms with van der Waals surface area (Å²) in [5.74, 6) is -3.86. The summed E-state index contributed by atoms with van der Waals surface area (Å²) in [5, 5.41) is 13.0. The molecule has 0 aliphatic carbocycles. The predicted molar refractivity (Wildman–Crippen MR) is 118 cm³/mol. The van der Waals surface area contributed by atoms with E-state index in [1.807, 2.05) is 13.8 Å². The fourth-order valence-corrected chi connectivity index (χ4v) is 4.73. The van der Waals surface area contributed by atoms with E-state index in [1.54, 1.807) is 6.08 Å². The first kappa shape index (κ1) is 23.7. The van der Waals surface area contributed by atoms with Gasteiger partial charge in [-0.3, -0.25) is 10.1 Å². The molecule has 8 heteroatoms. The number of nitrogens with two attached hydrogens (primary N) is 1. The molecule has 0 amide bonds. The minimum absolute atomic E-state index is 0.00293. The second-order valence-electron chi connectivity index (χ2n) is 8.61. The molecule has 4 atom stereocenters. The van der Waals surface area contributed by atoms with Gasteiger partial charge in [-0.25, -0.2) is 8.78 Å². The monoisotopic (exact) mass is 468 g/mol. The summed E-state index contributed by atoms with van der Waals surface area (Å²) in [7, 11) is 0. The molecule has 3 rings (SSSR count). The topological polar surface area (TPSA) is 75.3 Å². The maximum atomic E-state index is 15.2. The van der Waals surface area contributed by atoms with Crippen LogP contribution >= 0.6 is 23.2 Å². The normalized spacial score (nSPS) is 26.1. The summed E-state index contributed by atoms with van der Waals surface area (Å²) in [4.78, 5) is 12.2. The number of aliphatic carboxylic acids is 1. The van der Waals surface area contributed by atoms with Crippen LogP contribution in [0.4, 0.5) is 8.78 Å². The molecule has 4 nitrogen and oxygen atoms in total. The van der Waals surface area contributed by atoms with E-state index in [4.69, 9.17) is 28.9 Å². The lowest BCUT2D eigenvalue weighted by atomic mass is 9.68. The van der Waals surface area contributed by atoms with E-state index in [0.717, 1.165) is 6.07 Å². The van der Waals surface area contributed by atoms with Gasteiger partial charge in [0.2, 0.25) is 0 Å². The van der Waals surface area contributed by atoms with Crippen molar-refractivity contribution < 1.29 is 18.7 Å². The summed E-state index contributed by atoms with van der Waals surface area (Å²) in [6, 6.07) is 6.31. The van der Waals surface area contributed by atoms with E-state index >= 15 is 8.78 Å². The van der Waals surface area contributed by atoms with Crippen molar-refractivity contribution in [3.8, 4) is 0 Å². The molecule has 1 aliphatic heterocycles. The molecule has 0 radical (unpaired) electrons. The molecule has 1 saturated heterocycles. The number of hydrogen-bond donors (Lipinski definition) is 3.